The summed E-state index contributed by atoms with van der Waals surface area (Å²) in [6.07, 6.45) is 4.40. The molecule has 0 spiro atoms. The number of rotatable bonds is 4. The van der Waals surface area contributed by atoms with E-state index in [1.165, 1.54) is 28.5 Å². The molecule has 0 aliphatic rings. The maximum atomic E-state index is 12.8. The average Bonchev–Trinajstić information content (AvgIpc) is 2.87. The third kappa shape index (κ3) is 2.34. The molecule has 2 N–H and O–H groups in total. The van der Waals surface area contributed by atoms with Crippen molar-refractivity contribution in [2.24, 2.45) is 0 Å². The Morgan fingerprint density at radius 3 is 2.82 bits per heavy atom. The van der Waals surface area contributed by atoms with Crippen LogP contribution in [0.15, 0.2) is 53.8 Å². The Bertz CT molecular complexity index is 918. The molecule has 0 amide bonds. The minimum Gasteiger partial charge on any atom is -0.508 e. The number of aromatic hydroxyl groups is 1. The van der Waals surface area contributed by atoms with E-state index in [-0.39, 0.29) is 10.6 Å². The van der Waals surface area contributed by atoms with E-state index in [9.17, 15) is 13.5 Å². The molecule has 0 saturated carbocycles. The molecule has 22 heavy (non-hydrogen) atoms. The quantitative estimate of drug-likeness (QED) is 0.765. The van der Waals surface area contributed by atoms with Gasteiger partial charge in [0.15, 0.2) is 0 Å². The summed E-state index contributed by atoms with van der Waals surface area (Å²) in [5.41, 5.74) is 1.28. The molecule has 0 aliphatic carbocycles. The zero-order chi connectivity index (χ0) is 15.7. The van der Waals surface area contributed by atoms with Crippen LogP contribution in [0.1, 0.15) is 5.56 Å². The molecule has 0 saturated heterocycles. The molecule has 0 aliphatic heterocycles. The molecular weight excluding hydrogens is 302 g/mol. The number of hydrogen-bond acceptors (Lipinski definition) is 5. The van der Waals surface area contributed by atoms with Crippen molar-refractivity contribution in [2.45, 2.75) is 11.4 Å². The zero-order valence-electron chi connectivity index (χ0n) is 11.9. The molecule has 114 valence electrons. The Kier molecular flexibility index (Phi) is 3.59. The normalized spacial score (nSPS) is 11.9. The number of nitrogens with zero attached hydrogens (tertiary/aromatic N) is 2. The van der Waals surface area contributed by atoms with E-state index in [2.05, 4.69) is 10.3 Å². The van der Waals surface area contributed by atoms with Gasteiger partial charge < -0.3 is 10.4 Å². The minimum absolute atomic E-state index is 0.0178. The molecule has 1 aromatic carbocycles. The van der Waals surface area contributed by atoms with Crippen molar-refractivity contribution in [3.63, 3.8) is 0 Å². The van der Waals surface area contributed by atoms with Crippen molar-refractivity contribution in [3.05, 3.63) is 54.5 Å². The summed E-state index contributed by atoms with van der Waals surface area (Å²) in [7, 11) is -1.97. The van der Waals surface area contributed by atoms with Gasteiger partial charge in [0.05, 0.1) is 5.52 Å². The first kappa shape index (κ1) is 14.6. The van der Waals surface area contributed by atoms with Crippen LogP contribution in [0.2, 0.25) is 0 Å². The van der Waals surface area contributed by atoms with Crippen LogP contribution < -0.4 is 5.32 Å². The van der Waals surface area contributed by atoms with Gasteiger partial charge in [-0.25, -0.2) is 12.4 Å². The Morgan fingerprint density at radius 2 is 2.14 bits per heavy atom. The van der Waals surface area contributed by atoms with E-state index in [4.69, 9.17) is 0 Å². The van der Waals surface area contributed by atoms with E-state index >= 15 is 0 Å². The number of nitrogens with one attached hydrogen (secondary N) is 1. The maximum Gasteiger partial charge on any atom is 0.269 e. The summed E-state index contributed by atoms with van der Waals surface area (Å²) in [6, 6.07) is 7.77. The number of aromatic nitrogens is 2. The van der Waals surface area contributed by atoms with Crippen molar-refractivity contribution < 1.29 is 13.5 Å². The number of pyridine rings is 1. The Labute approximate surface area is 128 Å². The molecule has 0 atom stereocenters. The van der Waals surface area contributed by atoms with Gasteiger partial charge in [-0.05, 0) is 36.9 Å². The van der Waals surface area contributed by atoms with Gasteiger partial charge in [0.25, 0.3) is 10.0 Å². The smallest absolute Gasteiger partial charge is 0.269 e. The monoisotopic (exact) mass is 317 g/mol. The third-order valence-corrected chi connectivity index (χ3v) is 5.05. The van der Waals surface area contributed by atoms with Crippen LogP contribution in [0, 0.1) is 0 Å². The molecule has 7 heteroatoms. The fraction of sp³-hybridized carbons (Fsp3) is 0.133. The van der Waals surface area contributed by atoms with Crippen molar-refractivity contribution in [2.75, 3.05) is 7.05 Å². The van der Waals surface area contributed by atoms with Gasteiger partial charge in [-0.3, -0.25) is 4.98 Å². The van der Waals surface area contributed by atoms with Crippen LogP contribution in [0.25, 0.3) is 10.9 Å². The molecule has 6 nitrogen and oxygen atoms in total. The first-order valence-electron chi connectivity index (χ1n) is 6.67. The fourth-order valence-electron chi connectivity index (χ4n) is 2.40. The largest absolute Gasteiger partial charge is 0.508 e. The van der Waals surface area contributed by atoms with Crippen LogP contribution in [-0.2, 0) is 16.6 Å². The van der Waals surface area contributed by atoms with Gasteiger partial charge in [0, 0.05) is 36.6 Å². The van der Waals surface area contributed by atoms with Crippen LogP contribution in [0.3, 0.4) is 0 Å². The first-order chi connectivity index (χ1) is 10.5. The lowest BCUT2D eigenvalue weighted by atomic mass is 10.2. The van der Waals surface area contributed by atoms with E-state index < -0.39 is 10.0 Å². The van der Waals surface area contributed by atoms with E-state index in [0.717, 1.165) is 10.9 Å². The van der Waals surface area contributed by atoms with Gasteiger partial charge in [-0.1, -0.05) is 0 Å². The Balaban J connectivity index is 2.29. The SMILES string of the molecule is CNCc1cn(S(=O)(=O)c2cccnc2)c2cc(O)ccc12. The Morgan fingerprint density at radius 1 is 1.32 bits per heavy atom. The summed E-state index contributed by atoms with van der Waals surface area (Å²) in [4.78, 5) is 3.97. The molecule has 2 aromatic heterocycles. The maximum absolute atomic E-state index is 12.8. The van der Waals surface area contributed by atoms with Crippen molar-refractivity contribution in [1.29, 1.82) is 0 Å². The third-order valence-electron chi connectivity index (χ3n) is 3.40. The lowest BCUT2D eigenvalue weighted by molar-refractivity contribution is 0.476. The number of phenols is 1. The van der Waals surface area contributed by atoms with Crippen LogP contribution >= 0.6 is 0 Å². The van der Waals surface area contributed by atoms with E-state index in [1.54, 1.807) is 31.4 Å². The van der Waals surface area contributed by atoms with Gasteiger partial charge in [-0.15, -0.1) is 0 Å². The summed E-state index contributed by atoms with van der Waals surface area (Å²) < 4.78 is 26.8. The molecule has 3 aromatic rings. The second kappa shape index (κ2) is 5.43. The highest BCUT2D eigenvalue weighted by Gasteiger charge is 2.21. The van der Waals surface area contributed by atoms with Crippen LogP contribution in [0.5, 0.6) is 5.75 Å². The highest BCUT2D eigenvalue weighted by Crippen LogP contribution is 2.28. The Hall–Kier alpha value is -2.38. The number of hydrogen-bond donors (Lipinski definition) is 2. The minimum atomic E-state index is -3.76. The molecule has 0 bridgehead atoms. The summed E-state index contributed by atoms with van der Waals surface area (Å²) in [6.45, 7) is 0.525. The van der Waals surface area contributed by atoms with Crippen LogP contribution in [0.4, 0.5) is 0 Å². The van der Waals surface area contributed by atoms with Crippen molar-refractivity contribution in [1.82, 2.24) is 14.3 Å². The second-order valence-corrected chi connectivity index (χ2v) is 6.69. The number of benzene rings is 1. The van der Waals surface area contributed by atoms with E-state index in [1.807, 2.05) is 0 Å². The lowest BCUT2D eigenvalue weighted by Gasteiger charge is -2.07. The number of phenolic OH excluding ortho intramolecular Hbond substituents is 1. The van der Waals surface area contributed by atoms with Crippen LogP contribution in [-0.4, -0.2) is 29.5 Å². The number of fused-ring (bicyclic) bond motifs is 1. The molecule has 3 rings (SSSR count). The molecule has 0 radical (unpaired) electrons. The van der Waals surface area contributed by atoms with Gasteiger partial charge >= 0.3 is 0 Å². The molecular formula is C15H15N3O3S. The predicted molar refractivity (Wildman–Crippen MR) is 83.2 cm³/mol. The summed E-state index contributed by atoms with van der Waals surface area (Å²) in [5.74, 6) is 0.0178. The molecule has 2 heterocycles. The average molecular weight is 317 g/mol. The molecule has 0 fully saturated rings. The summed E-state index contributed by atoms with van der Waals surface area (Å²) >= 11 is 0. The zero-order valence-corrected chi connectivity index (χ0v) is 12.7. The van der Waals surface area contributed by atoms with E-state index in [0.29, 0.717) is 12.1 Å². The standard InChI is InChI=1S/C15H15N3O3S/c1-16-8-11-10-18(15-7-12(19)4-5-14(11)15)22(20,21)13-3-2-6-17-9-13/h2-7,9-10,16,19H,8H2,1H3. The van der Waals surface area contributed by atoms with Gasteiger partial charge in [0.2, 0.25) is 0 Å². The second-order valence-electron chi connectivity index (χ2n) is 4.88. The van der Waals surface area contributed by atoms with Crippen molar-refractivity contribution >= 4 is 20.9 Å². The van der Waals surface area contributed by atoms with Crippen molar-refractivity contribution in [3.8, 4) is 5.75 Å². The lowest BCUT2D eigenvalue weighted by Crippen LogP contribution is -2.12. The molecule has 0 unspecified atom stereocenters. The predicted octanol–water partition coefficient (Wildman–Crippen LogP) is 1.70. The fourth-order valence-corrected chi connectivity index (χ4v) is 3.75. The first-order valence-corrected chi connectivity index (χ1v) is 8.11. The van der Waals surface area contributed by atoms with Gasteiger partial charge in [0.1, 0.15) is 10.6 Å². The van der Waals surface area contributed by atoms with Gasteiger partial charge in [-0.2, -0.15) is 0 Å². The summed E-state index contributed by atoms with van der Waals surface area (Å²) in [5, 5.41) is 13.5. The highest BCUT2D eigenvalue weighted by molar-refractivity contribution is 7.90. The topological polar surface area (TPSA) is 84.2 Å². The highest BCUT2D eigenvalue weighted by atomic mass is 32.2.